The van der Waals surface area contributed by atoms with E-state index in [1.807, 2.05) is 13.8 Å². The quantitative estimate of drug-likeness (QED) is 0.598. The minimum Gasteiger partial charge on any atom is -0.485 e. The molecule has 4 atom stereocenters. The summed E-state index contributed by atoms with van der Waals surface area (Å²) >= 11 is 0. The molecule has 7 heteroatoms. The highest BCUT2D eigenvalue weighted by molar-refractivity contribution is 5.80. The van der Waals surface area contributed by atoms with Crippen LogP contribution >= 0.6 is 0 Å². The molecule has 1 N–H and O–H groups in total. The largest absolute Gasteiger partial charge is 0.485 e. The van der Waals surface area contributed by atoms with Crippen LogP contribution in [-0.2, 0) is 14.3 Å². The number of carbonyl (C=O) groups excluding carboxylic acids is 1. The van der Waals surface area contributed by atoms with Crippen LogP contribution in [0.3, 0.4) is 0 Å². The average molecular weight is 388 g/mol. The number of benzene rings is 1. The topological polar surface area (TPSA) is 72.6 Å². The lowest BCUT2D eigenvalue weighted by Gasteiger charge is -2.47. The first-order chi connectivity index (χ1) is 13.3. The lowest BCUT2D eigenvalue weighted by atomic mass is 9.85. The predicted octanol–water partition coefficient (Wildman–Crippen LogP) is 3.20. The summed E-state index contributed by atoms with van der Waals surface area (Å²) in [6, 6.07) is 4.37. The second-order valence-corrected chi connectivity index (χ2v) is 7.78. The number of rotatable bonds is 6. The van der Waals surface area contributed by atoms with Gasteiger partial charge in [0, 0.05) is 18.6 Å². The first-order valence-electron chi connectivity index (χ1n) is 9.71. The van der Waals surface area contributed by atoms with Crippen molar-refractivity contribution in [3.63, 3.8) is 0 Å². The number of hydrogen-bond acceptors (Lipinski definition) is 5. The molecule has 3 rings (SSSR count). The van der Waals surface area contributed by atoms with Crippen molar-refractivity contribution in [3.05, 3.63) is 35.2 Å². The summed E-state index contributed by atoms with van der Waals surface area (Å²) in [5, 5.41) is 11.1. The Kier molecular flexibility index (Phi) is 5.94. The van der Waals surface area contributed by atoms with Gasteiger partial charge in [-0.05, 0) is 46.2 Å². The van der Waals surface area contributed by atoms with Crippen LogP contribution < -0.4 is 4.74 Å². The fourth-order valence-electron chi connectivity index (χ4n) is 3.96. The lowest BCUT2D eigenvalue weighted by molar-refractivity contribution is -0.157. The number of amides is 1. The van der Waals surface area contributed by atoms with Crippen molar-refractivity contribution in [2.24, 2.45) is 0 Å². The third-order valence-electron chi connectivity index (χ3n) is 5.42. The molecule has 2 aliphatic heterocycles. The molecule has 0 bridgehead atoms. The smallest absolute Gasteiger partial charge is 0.223 e. The van der Waals surface area contributed by atoms with Crippen LogP contribution in [0.25, 0.3) is 4.85 Å². The number of hydrogen-bond donors (Lipinski definition) is 1. The van der Waals surface area contributed by atoms with Gasteiger partial charge in [-0.2, -0.15) is 0 Å². The number of aliphatic hydroxyl groups is 1. The molecule has 28 heavy (non-hydrogen) atoms. The van der Waals surface area contributed by atoms with Crippen LogP contribution in [0.4, 0.5) is 5.69 Å². The molecule has 1 aromatic carbocycles. The Balaban J connectivity index is 1.94. The van der Waals surface area contributed by atoms with Crippen molar-refractivity contribution in [2.45, 2.75) is 70.6 Å². The normalized spacial score (nSPS) is 27.1. The Morgan fingerprint density at radius 1 is 1.43 bits per heavy atom. The first-order valence-corrected chi connectivity index (χ1v) is 9.71. The SMILES string of the molecule is [C-]#[N+]c1ccc2c(c1)[C@@H](N1C(=O)CCC1COC(C)OCC)[C@H](O)C(C)(C)O2. The van der Waals surface area contributed by atoms with Crippen LogP contribution in [-0.4, -0.2) is 53.2 Å². The Morgan fingerprint density at radius 2 is 2.18 bits per heavy atom. The molecule has 7 nitrogen and oxygen atoms in total. The molecule has 2 heterocycles. The summed E-state index contributed by atoms with van der Waals surface area (Å²) in [6.07, 6.45) is -0.242. The van der Waals surface area contributed by atoms with E-state index in [0.29, 0.717) is 43.1 Å². The van der Waals surface area contributed by atoms with E-state index in [2.05, 4.69) is 4.85 Å². The zero-order valence-electron chi connectivity index (χ0n) is 16.8. The van der Waals surface area contributed by atoms with Gasteiger partial charge in [-0.25, -0.2) is 4.85 Å². The Hall–Kier alpha value is -2.14. The number of carbonyl (C=O) groups is 1. The van der Waals surface area contributed by atoms with Crippen LogP contribution in [0, 0.1) is 6.57 Å². The lowest BCUT2D eigenvalue weighted by Crippen LogP contribution is -2.55. The summed E-state index contributed by atoms with van der Waals surface area (Å²) in [7, 11) is 0. The van der Waals surface area contributed by atoms with Gasteiger partial charge < -0.3 is 24.2 Å². The molecular formula is C21H28N2O5. The van der Waals surface area contributed by atoms with Gasteiger partial charge in [0.2, 0.25) is 5.91 Å². The average Bonchev–Trinajstić information content (AvgIpc) is 3.01. The number of aliphatic hydroxyl groups excluding tert-OH is 1. The van der Waals surface area contributed by atoms with Crippen molar-refractivity contribution in [2.75, 3.05) is 13.2 Å². The Morgan fingerprint density at radius 3 is 2.86 bits per heavy atom. The van der Waals surface area contributed by atoms with E-state index in [-0.39, 0.29) is 18.2 Å². The molecule has 0 spiro atoms. The van der Waals surface area contributed by atoms with Crippen LogP contribution in [0.15, 0.2) is 18.2 Å². The fraction of sp³-hybridized carbons (Fsp3) is 0.619. The zero-order chi connectivity index (χ0) is 20.5. The minimum atomic E-state index is -0.935. The van der Waals surface area contributed by atoms with E-state index in [4.69, 9.17) is 20.8 Å². The van der Waals surface area contributed by atoms with Gasteiger partial charge in [0.25, 0.3) is 0 Å². The van der Waals surface area contributed by atoms with Crippen LogP contribution in [0.1, 0.15) is 52.1 Å². The van der Waals surface area contributed by atoms with Gasteiger partial charge in [0.05, 0.1) is 25.3 Å². The van der Waals surface area contributed by atoms with E-state index in [1.54, 1.807) is 36.9 Å². The fourth-order valence-corrected chi connectivity index (χ4v) is 3.96. The van der Waals surface area contributed by atoms with Crippen molar-refractivity contribution < 1.29 is 24.1 Å². The van der Waals surface area contributed by atoms with E-state index in [9.17, 15) is 9.90 Å². The molecule has 1 saturated heterocycles. The zero-order valence-corrected chi connectivity index (χ0v) is 16.8. The second kappa shape index (κ2) is 8.08. The van der Waals surface area contributed by atoms with Crippen molar-refractivity contribution in [1.29, 1.82) is 0 Å². The first kappa shape index (κ1) is 20.6. The molecule has 0 aliphatic carbocycles. The molecule has 2 unspecified atom stereocenters. The highest BCUT2D eigenvalue weighted by Gasteiger charge is 2.49. The number of nitrogens with zero attached hydrogens (tertiary/aromatic N) is 2. The van der Waals surface area contributed by atoms with Gasteiger partial charge in [-0.15, -0.1) is 0 Å². The summed E-state index contributed by atoms with van der Waals surface area (Å²) in [4.78, 5) is 18.0. The summed E-state index contributed by atoms with van der Waals surface area (Å²) < 4.78 is 17.2. The molecule has 1 fully saturated rings. The molecule has 1 amide bonds. The molecule has 0 aromatic heterocycles. The summed E-state index contributed by atoms with van der Waals surface area (Å²) in [5.74, 6) is 0.563. The Bertz CT molecular complexity index is 773. The monoisotopic (exact) mass is 388 g/mol. The molecule has 0 saturated carbocycles. The van der Waals surface area contributed by atoms with Crippen molar-refractivity contribution in [1.82, 2.24) is 4.90 Å². The van der Waals surface area contributed by atoms with Gasteiger partial charge >= 0.3 is 0 Å². The highest BCUT2D eigenvalue weighted by Crippen LogP contribution is 2.46. The standard InChI is InChI=1S/C21H28N2O5/c1-6-26-13(2)27-12-15-8-10-18(24)23(15)19-16-11-14(22-5)7-9-17(16)28-21(3,4)20(19)25/h7,9,11,13,15,19-20,25H,6,8,10,12H2,1-4H3/t13?,15?,19-,20+/m1/s1. The van der Waals surface area contributed by atoms with E-state index in [1.165, 1.54) is 0 Å². The van der Waals surface area contributed by atoms with Crippen LogP contribution in [0.2, 0.25) is 0 Å². The van der Waals surface area contributed by atoms with Crippen molar-refractivity contribution in [3.8, 4) is 5.75 Å². The highest BCUT2D eigenvalue weighted by atomic mass is 16.7. The number of ether oxygens (including phenoxy) is 3. The van der Waals surface area contributed by atoms with Crippen molar-refractivity contribution >= 4 is 11.6 Å². The molecule has 0 radical (unpaired) electrons. The molecule has 2 aliphatic rings. The number of likely N-dealkylation sites (tertiary alicyclic amines) is 1. The third-order valence-corrected chi connectivity index (χ3v) is 5.42. The molecule has 152 valence electrons. The molecular weight excluding hydrogens is 360 g/mol. The summed E-state index contributed by atoms with van der Waals surface area (Å²) in [6.45, 7) is 15.5. The second-order valence-electron chi connectivity index (χ2n) is 7.78. The maximum absolute atomic E-state index is 12.8. The predicted molar refractivity (Wildman–Crippen MR) is 103 cm³/mol. The molecule has 1 aromatic rings. The van der Waals surface area contributed by atoms with Gasteiger partial charge in [-0.3, -0.25) is 4.79 Å². The van der Waals surface area contributed by atoms with Crippen LogP contribution in [0.5, 0.6) is 5.75 Å². The number of fused-ring (bicyclic) bond motifs is 1. The summed E-state index contributed by atoms with van der Waals surface area (Å²) in [5.41, 5.74) is 0.242. The maximum Gasteiger partial charge on any atom is 0.223 e. The maximum atomic E-state index is 12.8. The van der Waals surface area contributed by atoms with E-state index < -0.39 is 17.7 Å². The van der Waals surface area contributed by atoms with Gasteiger partial charge in [0.15, 0.2) is 12.0 Å². The van der Waals surface area contributed by atoms with Gasteiger partial charge in [0.1, 0.15) is 17.5 Å². The minimum absolute atomic E-state index is 0.0291. The Labute approximate surface area is 166 Å². The third kappa shape index (κ3) is 3.86. The van der Waals surface area contributed by atoms with E-state index >= 15 is 0 Å². The van der Waals surface area contributed by atoms with E-state index in [0.717, 1.165) is 0 Å². The van der Waals surface area contributed by atoms with Gasteiger partial charge in [-0.1, -0.05) is 6.07 Å².